The van der Waals surface area contributed by atoms with Gasteiger partial charge in [0.05, 0.1) is 0 Å². The second kappa shape index (κ2) is 5.44. The zero-order valence-corrected chi connectivity index (χ0v) is 9.31. The highest BCUT2D eigenvalue weighted by molar-refractivity contribution is 6.12. The zero-order chi connectivity index (χ0) is 12.1. The van der Waals surface area contributed by atoms with Crippen molar-refractivity contribution in [3.63, 3.8) is 0 Å². The van der Waals surface area contributed by atoms with Gasteiger partial charge < -0.3 is 5.73 Å². The first-order valence-corrected chi connectivity index (χ1v) is 5.35. The van der Waals surface area contributed by atoms with Crippen LogP contribution in [-0.4, -0.2) is 29.2 Å². The molecule has 3 amide bonds. The van der Waals surface area contributed by atoms with Crippen molar-refractivity contribution in [1.29, 1.82) is 0 Å². The number of carbonyl (C=O) groups excluding carboxylic acids is 3. The summed E-state index contributed by atoms with van der Waals surface area (Å²) < 4.78 is 0. The maximum absolute atomic E-state index is 11.2. The summed E-state index contributed by atoms with van der Waals surface area (Å²) in [6.07, 6.45) is 4.72. The van der Waals surface area contributed by atoms with Crippen LogP contribution in [0.4, 0.5) is 0 Å². The smallest absolute Gasteiger partial charge is 0.253 e. The maximum atomic E-state index is 11.2. The summed E-state index contributed by atoms with van der Waals surface area (Å²) in [5.74, 6) is -0.973. The van der Waals surface area contributed by atoms with Crippen LogP contribution in [0, 0.1) is 5.92 Å². The molecule has 0 bridgehead atoms. The van der Waals surface area contributed by atoms with Crippen molar-refractivity contribution in [1.82, 2.24) is 4.90 Å². The van der Waals surface area contributed by atoms with Crippen molar-refractivity contribution in [2.75, 3.05) is 6.54 Å². The van der Waals surface area contributed by atoms with Crippen LogP contribution >= 0.6 is 0 Å². The Labute approximate surface area is 94.3 Å². The largest absolute Gasteiger partial charge is 0.369 e. The van der Waals surface area contributed by atoms with E-state index in [1.165, 1.54) is 17.1 Å². The minimum atomic E-state index is -0.310. The van der Waals surface area contributed by atoms with E-state index in [1.54, 1.807) is 6.92 Å². The minimum absolute atomic E-state index is 0.150. The average molecular weight is 224 g/mol. The van der Waals surface area contributed by atoms with Crippen LogP contribution < -0.4 is 5.73 Å². The van der Waals surface area contributed by atoms with Gasteiger partial charge >= 0.3 is 0 Å². The summed E-state index contributed by atoms with van der Waals surface area (Å²) in [6.45, 7) is 2.19. The normalized spacial score (nSPS) is 16.9. The molecule has 1 atom stereocenters. The van der Waals surface area contributed by atoms with Crippen LogP contribution in [-0.2, 0) is 14.4 Å². The lowest BCUT2D eigenvalue weighted by molar-refractivity contribution is -0.137. The van der Waals surface area contributed by atoms with E-state index in [-0.39, 0.29) is 23.6 Å². The number of rotatable bonds is 6. The van der Waals surface area contributed by atoms with Crippen LogP contribution in [0.1, 0.15) is 26.2 Å². The van der Waals surface area contributed by atoms with E-state index in [0.717, 1.165) is 6.42 Å². The van der Waals surface area contributed by atoms with E-state index in [2.05, 4.69) is 0 Å². The van der Waals surface area contributed by atoms with Crippen molar-refractivity contribution < 1.29 is 14.4 Å². The lowest BCUT2D eigenvalue weighted by Gasteiger charge is -2.13. The molecule has 2 N–H and O–H groups in total. The number of imide groups is 1. The molecule has 0 spiro atoms. The third kappa shape index (κ3) is 3.18. The molecule has 5 nitrogen and oxygen atoms in total. The van der Waals surface area contributed by atoms with Crippen LogP contribution in [0.3, 0.4) is 0 Å². The van der Waals surface area contributed by atoms with Gasteiger partial charge in [-0.2, -0.15) is 0 Å². The molecule has 0 aromatic heterocycles. The lowest BCUT2D eigenvalue weighted by atomic mass is 10.0. The van der Waals surface area contributed by atoms with E-state index < -0.39 is 0 Å². The minimum Gasteiger partial charge on any atom is -0.369 e. The molecular formula is C11H16N2O3. The second-order valence-corrected chi connectivity index (χ2v) is 3.96. The molecular weight excluding hydrogens is 208 g/mol. The van der Waals surface area contributed by atoms with Crippen molar-refractivity contribution in [3.05, 3.63) is 12.2 Å². The molecule has 0 aromatic carbocycles. The van der Waals surface area contributed by atoms with Gasteiger partial charge in [0.15, 0.2) is 0 Å². The Kier molecular flexibility index (Phi) is 4.22. The number of carbonyl (C=O) groups is 3. The van der Waals surface area contributed by atoms with E-state index in [4.69, 9.17) is 5.73 Å². The van der Waals surface area contributed by atoms with Gasteiger partial charge in [0, 0.05) is 24.6 Å². The SMILES string of the molecule is CC(CCCCN1C(=O)C=CC1=O)C(N)=O. The number of hydrogen-bond donors (Lipinski definition) is 1. The standard InChI is InChI=1S/C11H16N2O3/c1-8(11(12)16)4-2-3-7-13-9(14)5-6-10(13)15/h5-6,8H,2-4,7H2,1H3,(H2,12,16). The number of nitrogens with zero attached hydrogens (tertiary/aromatic N) is 1. The summed E-state index contributed by atoms with van der Waals surface area (Å²) in [5, 5.41) is 0. The molecule has 0 aromatic rings. The average Bonchev–Trinajstić information content (AvgIpc) is 2.54. The van der Waals surface area contributed by atoms with Gasteiger partial charge in [0.1, 0.15) is 0 Å². The predicted molar refractivity (Wildman–Crippen MR) is 58.1 cm³/mol. The molecule has 0 aliphatic carbocycles. The second-order valence-electron chi connectivity index (χ2n) is 3.96. The van der Waals surface area contributed by atoms with Crippen molar-refractivity contribution in [3.8, 4) is 0 Å². The lowest BCUT2D eigenvalue weighted by Crippen LogP contribution is -2.31. The fourth-order valence-corrected chi connectivity index (χ4v) is 1.51. The molecule has 1 heterocycles. The summed E-state index contributed by atoms with van der Waals surface area (Å²) in [7, 11) is 0. The Morgan fingerprint density at radius 2 is 1.88 bits per heavy atom. The van der Waals surface area contributed by atoms with Crippen LogP contribution in [0.2, 0.25) is 0 Å². The monoisotopic (exact) mass is 224 g/mol. The molecule has 1 aliphatic heterocycles. The molecule has 1 unspecified atom stereocenters. The van der Waals surface area contributed by atoms with E-state index in [0.29, 0.717) is 19.4 Å². The molecule has 5 heteroatoms. The zero-order valence-electron chi connectivity index (χ0n) is 9.31. The fraction of sp³-hybridized carbons (Fsp3) is 0.545. The highest BCUT2D eigenvalue weighted by Gasteiger charge is 2.22. The summed E-state index contributed by atoms with van der Waals surface area (Å²) in [5.41, 5.74) is 5.12. The molecule has 1 aliphatic rings. The van der Waals surface area contributed by atoms with Gasteiger partial charge in [-0.1, -0.05) is 13.3 Å². The van der Waals surface area contributed by atoms with Crippen LogP contribution in [0.5, 0.6) is 0 Å². The number of hydrogen-bond acceptors (Lipinski definition) is 3. The van der Waals surface area contributed by atoms with Gasteiger partial charge in [-0.05, 0) is 12.8 Å². The molecule has 0 saturated carbocycles. The Morgan fingerprint density at radius 1 is 1.31 bits per heavy atom. The Hall–Kier alpha value is -1.65. The van der Waals surface area contributed by atoms with Gasteiger partial charge in [-0.3, -0.25) is 19.3 Å². The third-order valence-corrected chi connectivity index (χ3v) is 2.66. The summed E-state index contributed by atoms with van der Waals surface area (Å²) in [6, 6.07) is 0. The Balaban J connectivity index is 2.19. The molecule has 88 valence electrons. The topological polar surface area (TPSA) is 80.5 Å². The molecule has 0 saturated heterocycles. The van der Waals surface area contributed by atoms with Crippen molar-refractivity contribution in [2.24, 2.45) is 11.7 Å². The number of unbranched alkanes of at least 4 members (excludes halogenated alkanes) is 1. The van der Waals surface area contributed by atoms with Gasteiger partial charge in [-0.15, -0.1) is 0 Å². The first kappa shape index (κ1) is 12.4. The summed E-state index contributed by atoms with van der Waals surface area (Å²) >= 11 is 0. The third-order valence-electron chi connectivity index (χ3n) is 2.66. The Bertz CT molecular complexity index is 318. The van der Waals surface area contributed by atoms with Gasteiger partial charge in [0.2, 0.25) is 5.91 Å². The van der Waals surface area contributed by atoms with E-state index in [1.807, 2.05) is 0 Å². The van der Waals surface area contributed by atoms with Crippen LogP contribution in [0.25, 0.3) is 0 Å². The number of nitrogens with two attached hydrogens (primary N) is 1. The molecule has 0 fully saturated rings. The van der Waals surface area contributed by atoms with E-state index >= 15 is 0 Å². The van der Waals surface area contributed by atoms with Crippen molar-refractivity contribution >= 4 is 17.7 Å². The number of primary amides is 1. The Morgan fingerprint density at radius 3 is 2.38 bits per heavy atom. The molecule has 1 rings (SSSR count). The van der Waals surface area contributed by atoms with Crippen molar-refractivity contribution in [2.45, 2.75) is 26.2 Å². The van der Waals surface area contributed by atoms with Gasteiger partial charge in [0.25, 0.3) is 11.8 Å². The summed E-state index contributed by atoms with van der Waals surface area (Å²) in [4.78, 5) is 34.3. The highest BCUT2D eigenvalue weighted by Crippen LogP contribution is 2.10. The predicted octanol–water partition coefficient (Wildman–Crippen LogP) is 0.203. The maximum Gasteiger partial charge on any atom is 0.253 e. The molecule has 0 radical (unpaired) electrons. The van der Waals surface area contributed by atoms with Gasteiger partial charge in [-0.25, -0.2) is 0 Å². The molecule has 16 heavy (non-hydrogen) atoms. The first-order chi connectivity index (χ1) is 7.52. The first-order valence-electron chi connectivity index (χ1n) is 5.35. The number of amides is 3. The highest BCUT2D eigenvalue weighted by atomic mass is 16.2. The van der Waals surface area contributed by atoms with E-state index in [9.17, 15) is 14.4 Å². The van der Waals surface area contributed by atoms with Crippen LogP contribution in [0.15, 0.2) is 12.2 Å². The fourth-order valence-electron chi connectivity index (χ4n) is 1.51. The quantitative estimate of drug-likeness (QED) is 0.517.